The maximum atomic E-state index is 12.3. The Kier molecular flexibility index (Phi) is 3.43. The number of nitrogens with zero attached hydrogens (tertiary/aromatic N) is 2. The molecule has 1 heterocycles. The topological polar surface area (TPSA) is 58.0 Å². The van der Waals surface area contributed by atoms with E-state index in [1.54, 1.807) is 0 Å². The molecule has 0 amide bonds. The number of rotatable bonds is 3. The molecule has 0 bridgehead atoms. The number of hydrogen-bond donors (Lipinski definition) is 2. The molecule has 100 valence electrons. The van der Waals surface area contributed by atoms with Crippen LogP contribution in [0.4, 0.5) is 19.0 Å². The third kappa shape index (κ3) is 2.72. The van der Waals surface area contributed by atoms with Crippen LogP contribution < -0.4 is 5.32 Å². The number of aliphatic hydroxyl groups is 1. The molecule has 1 aromatic heterocycles. The lowest BCUT2D eigenvalue weighted by Crippen LogP contribution is -2.39. The summed E-state index contributed by atoms with van der Waals surface area (Å²) in [6.07, 6.45) is -0.935. The van der Waals surface area contributed by atoms with Crippen LogP contribution in [0.15, 0.2) is 12.1 Å². The molecule has 0 aromatic carbocycles. The minimum Gasteiger partial charge on any atom is -0.394 e. The summed E-state index contributed by atoms with van der Waals surface area (Å²) in [6, 6.07) is 2.13. The lowest BCUT2D eigenvalue weighted by Gasteiger charge is -2.28. The number of nitrogens with one attached hydrogen (secondary N) is 1. The minimum atomic E-state index is -4.48. The van der Waals surface area contributed by atoms with Crippen LogP contribution in [0, 0.1) is 0 Å². The Morgan fingerprint density at radius 2 is 1.89 bits per heavy atom. The van der Waals surface area contributed by atoms with E-state index in [1.807, 2.05) is 0 Å². The van der Waals surface area contributed by atoms with Crippen LogP contribution in [-0.4, -0.2) is 27.4 Å². The van der Waals surface area contributed by atoms with Gasteiger partial charge in [0.05, 0.1) is 12.1 Å². The number of anilines is 1. The van der Waals surface area contributed by atoms with Gasteiger partial charge in [0.1, 0.15) is 5.82 Å². The lowest BCUT2D eigenvalue weighted by atomic mass is 9.99. The van der Waals surface area contributed by atoms with E-state index in [0.717, 1.165) is 31.7 Å². The van der Waals surface area contributed by atoms with E-state index in [9.17, 15) is 18.3 Å². The molecule has 1 aliphatic rings. The zero-order valence-electron chi connectivity index (χ0n) is 9.67. The van der Waals surface area contributed by atoms with Crippen molar-refractivity contribution < 1.29 is 18.3 Å². The monoisotopic (exact) mass is 261 g/mol. The standard InChI is InChI=1S/C11H14F3N3O/c12-11(13,14)8-3-4-9(17-16-8)15-10(7-18)5-1-2-6-10/h3-4,18H,1-2,5-7H2,(H,15,17). The van der Waals surface area contributed by atoms with Gasteiger partial charge in [-0.05, 0) is 25.0 Å². The Balaban J connectivity index is 2.11. The normalized spacial score (nSPS) is 18.9. The zero-order chi connectivity index (χ0) is 13.2. The molecule has 1 fully saturated rings. The predicted molar refractivity (Wildman–Crippen MR) is 58.9 cm³/mol. The van der Waals surface area contributed by atoms with Crippen molar-refractivity contribution >= 4 is 5.82 Å². The van der Waals surface area contributed by atoms with Crippen molar-refractivity contribution in [2.75, 3.05) is 11.9 Å². The molecule has 0 aliphatic heterocycles. The number of alkyl halides is 3. The van der Waals surface area contributed by atoms with E-state index >= 15 is 0 Å². The highest BCUT2D eigenvalue weighted by Gasteiger charge is 2.35. The summed E-state index contributed by atoms with van der Waals surface area (Å²) in [7, 11) is 0. The summed E-state index contributed by atoms with van der Waals surface area (Å²) in [5.74, 6) is 0.263. The van der Waals surface area contributed by atoms with E-state index in [-0.39, 0.29) is 12.4 Å². The molecule has 0 unspecified atom stereocenters. The SMILES string of the molecule is OCC1(Nc2ccc(C(F)(F)F)nn2)CCCC1. The molecule has 7 heteroatoms. The number of halogens is 3. The average molecular weight is 261 g/mol. The van der Waals surface area contributed by atoms with Gasteiger partial charge >= 0.3 is 6.18 Å². The predicted octanol–water partition coefficient (Wildman–Crippen LogP) is 2.21. The summed E-state index contributed by atoms with van der Waals surface area (Å²) in [5.41, 5.74) is -1.48. The summed E-state index contributed by atoms with van der Waals surface area (Å²) < 4.78 is 36.9. The van der Waals surface area contributed by atoms with Crippen molar-refractivity contribution in [3.63, 3.8) is 0 Å². The van der Waals surface area contributed by atoms with Crippen LogP contribution in [0.25, 0.3) is 0 Å². The van der Waals surface area contributed by atoms with Gasteiger partial charge < -0.3 is 10.4 Å². The minimum absolute atomic E-state index is 0.0598. The first-order valence-corrected chi connectivity index (χ1v) is 5.75. The Bertz CT molecular complexity index is 399. The first-order valence-electron chi connectivity index (χ1n) is 5.75. The van der Waals surface area contributed by atoms with Crippen molar-refractivity contribution in [3.8, 4) is 0 Å². The molecule has 0 saturated heterocycles. The molecule has 1 aromatic rings. The summed E-state index contributed by atoms with van der Waals surface area (Å²) in [6.45, 7) is -0.0598. The van der Waals surface area contributed by atoms with Gasteiger partial charge in [-0.25, -0.2) is 0 Å². The Labute approximate surface area is 102 Å². The summed E-state index contributed by atoms with van der Waals surface area (Å²) in [5, 5.41) is 19.0. The quantitative estimate of drug-likeness (QED) is 0.875. The second-order valence-electron chi connectivity index (χ2n) is 4.57. The van der Waals surface area contributed by atoms with Crippen LogP contribution in [0.5, 0.6) is 0 Å². The van der Waals surface area contributed by atoms with E-state index in [1.165, 1.54) is 6.07 Å². The molecule has 1 saturated carbocycles. The van der Waals surface area contributed by atoms with Crippen LogP contribution in [0.1, 0.15) is 31.4 Å². The van der Waals surface area contributed by atoms with Crippen LogP contribution in [-0.2, 0) is 6.18 Å². The number of hydrogen-bond acceptors (Lipinski definition) is 4. The van der Waals surface area contributed by atoms with Crippen molar-refractivity contribution in [2.24, 2.45) is 0 Å². The van der Waals surface area contributed by atoms with Gasteiger partial charge in [-0.15, -0.1) is 10.2 Å². The summed E-state index contributed by atoms with van der Waals surface area (Å²) >= 11 is 0. The smallest absolute Gasteiger partial charge is 0.394 e. The Morgan fingerprint density at radius 3 is 2.33 bits per heavy atom. The van der Waals surface area contributed by atoms with Gasteiger partial charge in [-0.3, -0.25) is 0 Å². The molecular formula is C11H14F3N3O. The van der Waals surface area contributed by atoms with Crippen molar-refractivity contribution in [1.82, 2.24) is 10.2 Å². The Hall–Kier alpha value is -1.37. The van der Waals surface area contributed by atoms with Crippen molar-refractivity contribution in [2.45, 2.75) is 37.4 Å². The second kappa shape index (κ2) is 4.72. The number of aromatic nitrogens is 2. The maximum Gasteiger partial charge on any atom is 0.435 e. The van der Waals surface area contributed by atoms with E-state index in [2.05, 4.69) is 15.5 Å². The molecule has 1 aliphatic carbocycles. The molecule has 18 heavy (non-hydrogen) atoms. The Morgan fingerprint density at radius 1 is 1.22 bits per heavy atom. The van der Waals surface area contributed by atoms with Crippen LogP contribution >= 0.6 is 0 Å². The average Bonchev–Trinajstić information content (AvgIpc) is 2.78. The fraction of sp³-hybridized carbons (Fsp3) is 0.636. The van der Waals surface area contributed by atoms with Gasteiger partial charge in [-0.2, -0.15) is 13.2 Å². The third-order valence-corrected chi connectivity index (χ3v) is 3.21. The van der Waals surface area contributed by atoms with Crippen molar-refractivity contribution in [3.05, 3.63) is 17.8 Å². The van der Waals surface area contributed by atoms with Crippen LogP contribution in [0.3, 0.4) is 0 Å². The first-order chi connectivity index (χ1) is 8.45. The first kappa shape index (κ1) is 13.1. The lowest BCUT2D eigenvalue weighted by molar-refractivity contribution is -0.141. The molecule has 0 radical (unpaired) electrons. The highest BCUT2D eigenvalue weighted by molar-refractivity contribution is 5.37. The fourth-order valence-electron chi connectivity index (χ4n) is 2.20. The molecule has 2 N–H and O–H groups in total. The van der Waals surface area contributed by atoms with Gasteiger partial charge in [0.25, 0.3) is 0 Å². The van der Waals surface area contributed by atoms with Gasteiger partial charge in [0.2, 0.25) is 0 Å². The molecule has 0 atom stereocenters. The van der Waals surface area contributed by atoms with E-state index in [0.29, 0.717) is 0 Å². The van der Waals surface area contributed by atoms with Gasteiger partial charge in [-0.1, -0.05) is 12.8 Å². The van der Waals surface area contributed by atoms with Gasteiger partial charge in [0, 0.05) is 0 Å². The highest BCUT2D eigenvalue weighted by atomic mass is 19.4. The largest absolute Gasteiger partial charge is 0.435 e. The van der Waals surface area contributed by atoms with Gasteiger partial charge in [0.15, 0.2) is 5.69 Å². The fourth-order valence-corrected chi connectivity index (χ4v) is 2.20. The molecule has 0 spiro atoms. The van der Waals surface area contributed by atoms with E-state index in [4.69, 9.17) is 0 Å². The van der Waals surface area contributed by atoms with Crippen LogP contribution in [0.2, 0.25) is 0 Å². The maximum absolute atomic E-state index is 12.3. The van der Waals surface area contributed by atoms with Crippen molar-refractivity contribution in [1.29, 1.82) is 0 Å². The van der Waals surface area contributed by atoms with E-state index < -0.39 is 17.4 Å². The third-order valence-electron chi connectivity index (χ3n) is 3.21. The molecule has 4 nitrogen and oxygen atoms in total. The number of aliphatic hydroxyl groups excluding tert-OH is 1. The zero-order valence-corrected chi connectivity index (χ0v) is 9.67. The highest BCUT2D eigenvalue weighted by Crippen LogP contribution is 2.32. The summed E-state index contributed by atoms with van der Waals surface area (Å²) in [4.78, 5) is 0. The molecule has 2 rings (SSSR count). The molecular weight excluding hydrogens is 247 g/mol. The second-order valence-corrected chi connectivity index (χ2v) is 4.57.